The summed E-state index contributed by atoms with van der Waals surface area (Å²) >= 11 is 0. The number of para-hydroxylation sites is 3. The Morgan fingerprint density at radius 1 is 0.667 bits per heavy atom. The molecule has 150 valence electrons. The molecule has 3 aromatic carbocycles. The van der Waals surface area contributed by atoms with E-state index in [0.717, 1.165) is 18.7 Å². The third-order valence-corrected chi connectivity index (χ3v) is 5.39. The molecule has 0 atom stereocenters. The van der Waals surface area contributed by atoms with E-state index >= 15 is 0 Å². The molecule has 3 nitrogen and oxygen atoms in total. The van der Waals surface area contributed by atoms with Gasteiger partial charge in [0.2, 0.25) is 0 Å². The number of halogens is 1. The molecule has 0 bridgehead atoms. The van der Waals surface area contributed by atoms with Gasteiger partial charge in [-0.2, -0.15) is 4.57 Å². The van der Waals surface area contributed by atoms with Crippen LogP contribution in [0.3, 0.4) is 0 Å². The predicted octanol–water partition coefficient (Wildman–Crippen LogP) is 2.37. The van der Waals surface area contributed by atoms with E-state index in [1.165, 1.54) is 27.4 Å². The summed E-state index contributed by atoms with van der Waals surface area (Å²) in [4.78, 5) is 0. The molecule has 0 saturated heterocycles. The van der Waals surface area contributed by atoms with E-state index in [1.54, 1.807) is 0 Å². The lowest BCUT2D eigenvalue weighted by Gasteiger charge is -2.08. The number of fused-ring (bicyclic) bond motifs is 3. The minimum absolute atomic E-state index is 0. The molecule has 0 saturated carbocycles. The molecule has 0 aliphatic heterocycles. The lowest BCUT2D eigenvalue weighted by molar-refractivity contribution is -0.724. The molecular formula is C26H23ClN2O. The molecule has 0 amide bonds. The van der Waals surface area contributed by atoms with Gasteiger partial charge in [0, 0.05) is 40.5 Å². The van der Waals surface area contributed by atoms with Gasteiger partial charge >= 0.3 is 0 Å². The number of hydrogen-bond donors (Lipinski definition) is 0. The van der Waals surface area contributed by atoms with Gasteiger partial charge in [0.15, 0.2) is 12.4 Å². The Morgan fingerprint density at radius 3 is 1.87 bits per heavy atom. The molecule has 0 spiro atoms. The maximum atomic E-state index is 5.81. The fourth-order valence-corrected chi connectivity index (χ4v) is 3.89. The zero-order valence-electron chi connectivity index (χ0n) is 16.6. The van der Waals surface area contributed by atoms with E-state index in [0.29, 0.717) is 6.73 Å². The highest BCUT2D eigenvalue weighted by atomic mass is 35.5. The quantitative estimate of drug-likeness (QED) is 0.390. The first-order valence-corrected chi connectivity index (χ1v) is 10.0. The lowest BCUT2D eigenvalue weighted by Crippen LogP contribution is -3.00. The highest BCUT2D eigenvalue weighted by Crippen LogP contribution is 2.28. The van der Waals surface area contributed by atoms with E-state index in [9.17, 15) is 0 Å². The summed E-state index contributed by atoms with van der Waals surface area (Å²) in [6, 6.07) is 31.6. The number of aromatic nitrogens is 2. The Morgan fingerprint density at radius 2 is 1.23 bits per heavy atom. The van der Waals surface area contributed by atoms with Crippen molar-refractivity contribution < 1.29 is 21.7 Å². The molecule has 0 fully saturated rings. The third kappa shape index (κ3) is 4.03. The Kier molecular flexibility index (Phi) is 6.01. The van der Waals surface area contributed by atoms with Crippen molar-refractivity contribution in [2.75, 3.05) is 0 Å². The van der Waals surface area contributed by atoms with Gasteiger partial charge in [0.25, 0.3) is 6.73 Å². The second-order valence-electron chi connectivity index (χ2n) is 7.24. The first-order chi connectivity index (χ1) is 14.4. The molecule has 2 aromatic heterocycles. The number of pyridine rings is 1. The maximum absolute atomic E-state index is 5.81. The number of rotatable bonds is 6. The molecule has 2 heterocycles. The van der Waals surface area contributed by atoms with Crippen LogP contribution in [0.4, 0.5) is 0 Å². The maximum Gasteiger partial charge on any atom is 0.292 e. The molecular weight excluding hydrogens is 392 g/mol. The van der Waals surface area contributed by atoms with Gasteiger partial charge in [-0.25, -0.2) is 0 Å². The van der Waals surface area contributed by atoms with Crippen LogP contribution in [0, 0.1) is 0 Å². The largest absolute Gasteiger partial charge is 1.00 e. The van der Waals surface area contributed by atoms with Gasteiger partial charge in [0.05, 0.1) is 0 Å². The Balaban J connectivity index is 0.00000218. The lowest BCUT2D eigenvalue weighted by atomic mass is 10.2. The average molecular weight is 415 g/mol. The van der Waals surface area contributed by atoms with Crippen LogP contribution < -0.4 is 21.7 Å². The van der Waals surface area contributed by atoms with Crippen LogP contribution >= 0.6 is 0 Å². The van der Waals surface area contributed by atoms with Crippen molar-refractivity contribution in [3.05, 3.63) is 109 Å². The van der Waals surface area contributed by atoms with Gasteiger partial charge in [0.1, 0.15) is 5.75 Å². The van der Waals surface area contributed by atoms with Crippen LogP contribution in [0.5, 0.6) is 5.75 Å². The third-order valence-electron chi connectivity index (χ3n) is 5.39. The van der Waals surface area contributed by atoms with Crippen LogP contribution in [0.15, 0.2) is 103 Å². The summed E-state index contributed by atoms with van der Waals surface area (Å²) in [6.07, 6.45) is 5.16. The molecule has 5 rings (SSSR count). The summed E-state index contributed by atoms with van der Waals surface area (Å²) in [5, 5.41) is 2.65. The minimum Gasteiger partial charge on any atom is -1.00 e. The van der Waals surface area contributed by atoms with E-state index < -0.39 is 0 Å². The predicted molar refractivity (Wildman–Crippen MR) is 117 cm³/mol. The van der Waals surface area contributed by atoms with Crippen molar-refractivity contribution in [1.29, 1.82) is 0 Å². The van der Waals surface area contributed by atoms with Crippen LogP contribution in [-0.4, -0.2) is 4.57 Å². The highest BCUT2D eigenvalue weighted by molar-refractivity contribution is 6.07. The Bertz CT molecular complexity index is 1190. The minimum atomic E-state index is 0. The standard InChI is InChI=1S/C26H23N2O.ClH/c1-2-8-22(9-3-1)29-20-27-17-14-21(15-18-27)16-19-28-25-12-6-4-10-23(25)24-11-5-7-13-26(24)28;/h1-15,17-18H,16,19-20H2;1H/q+1;/p-1. The second-order valence-corrected chi connectivity index (χ2v) is 7.24. The number of aryl methyl sites for hydroxylation is 2. The first-order valence-electron chi connectivity index (χ1n) is 10.0. The monoisotopic (exact) mass is 414 g/mol. The molecule has 0 N–H and O–H groups in total. The van der Waals surface area contributed by atoms with Crippen LogP contribution in [-0.2, 0) is 19.7 Å². The van der Waals surface area contributed by atoms with Crippen molar-refractivity contribution in [1.82, 2.24) is 4.57 Å². The summed E-state index contributed by atoms with van der Waals surface area (Å²) < 4.78 is 10.3. The Labute approximate surface area is 182 Å². The number of hydrogen-bond acceptors (Lipinski definition) is 1. The van der Waals surface area contributed by atoms with Crippen molar-refractivity contribution in [2.45, 2.75) is 19.7 Å². The van der Waals surface area contributed by atoms with Gasteiger partial charge in [-0.3, -0.25) is 0 Å². The smallest absolute Gasteiger partial charge is 0.292 e. The zero-order valence-corrected chi connectivity index (χ0v) is 17.4. The molecule has 4 heteroatoms. The second kappa shape index (κ2) is 9.02. The van der Waals surface area contributed by atoms with Crippen LogP contribution in [0.2, 0.25) is 0 Å². The van der Waals surface area contributed by atoms with E-state index in [4.69, 9.17) is 4.74 Å². The summed E-state index contributed by atoms with van der Waals surface area (Å²) in [5.41, 5.74) is 3.93. The zero-order chi connectivity index (χ0) is 19.5. The summed E-state index contributed by atoms with van der Waals surface area (Å²) in [5.74, 6) is 0.885. The average Bonchev–Trinajstić information content (AvgIpc) is 3.11. The van der Waals surface area contributed by atoms with Crippen molar-refractivity contribution in [2.24, 2.45) is 0 Å². The van der Waals surface area contributed by atoms with Gasteiger partial charge < -0.3 is 21.7 Å². The van der Waals surface area contributed by atoms with Gasteiger partial charge in [-0.05, 0) is 36.2 Å². The Hall–Kier alpha value is -3.30. The van der Waals surface area contributed by atoms with E-state index in [1.807, 2.05) is 30.3 Å². The molecule has 0 unspecified atom stereocenters. The highest BCUT2D eigenvalue weighted by Gasteiger charge is 2.10. The molecule has 0 aliphatic rings. The SMILES string of the molecule is [Cl-].c1ccc(OC[n+]2ccc(CCn3c4ccccc4c4ccccc43)cc2)cc1. The number of ether oxygens (including phenoxy) is 1. The van der Waals surface area contributed by atoms with Gasteiger partial charge in [-0.15, -0.1) is 0 Å². The van der Waals surface area contributed by atoms with Gasteiger partial charge in [-0.1, -0.05) is 54.6 Å². The topological polar surface area (TPSA) is 18.0 Å². The fraction of sp³-hybridized carbons (Fsp3) is 0.115. The number of nitrogens with zero attached hydrogens (tertiary/aromatic N) is 2. The van der Waals surface area contributed by atoms with Crippen LogP contribution in [0.25, 0.3) is 21.8 Å². The van der Waals surface area contributed by atoms with Crippen molar-refractivity contribution in [3.8, 4) is 5.75 Å². The first kappa shape index (κ1) is 20.0. The van der Waals surface area contributed by atoms with Crippen molar-refractivity contribution in [3.63, 3.8) is 0 Å². The normalized spacial score (nSPS) is 10.8. The fourth-order valence-electron chi connectivity index (χ4n) is 3.89. The summed E-state index contributed by atoms with van der Waals surface area (Å²) in [6.45, 7) is 1.47. The molecule has 0 aliphatic carbocycles. The van der Waals surface area contributed by atoms with E-state index in [-0.39, 0.29) is 12.4 Å². The molecule has 0 radical (unpaired) electrons. The van der Waals surface area contributed by atoms with Crippen molar-refractivity contribution >= 4 is 21.8 Å². The van der Waals surface area contributed by atoms with Crippen LogP contribution in [0.1, 0.15) is 5.56 Å². The summed E-state index contributed by atoms with van der Waals surface area (Å²) in [7, 11) is 0. The molecule has 5 aromatic rings. The van der Waals surface area contributed by atoms with E-state index in [2.05, 4.69) is 82.2 Å². The molecule has 30 heavy (non-hydrogen) atoms. The number of benzene rings is 3.